The lowest BCUT2D eigenvalue weighted by Gasteiger charge is -2.30. The normalized spacial score (nSPS) is 23.6. The van der Waals surface area contributed by atoms with Crippen molar-refractivity contribution in [2.75, 3.05) is 6.54 Å². The van der Waals surface area contributed by atoms with Crippen molar-refractivity contribution in [2.24, 2.45) is 5.92 Å². The Labute approximate surface area is 146 Å². The minimum atomic E-state index is -0.845. The zero-order valence-corrected chi connectivity index (χ0v) is 14.1. The fourth-order valence-corrected chi connectivity index (χ4v) is 3.81. The standard InChI is InChI=1S/C19H23FN2O3/c20-14-5-3-4-13-10-15(25-16(13)14)17(23)22-19(8-1-2-9-19)18(24)21-11-12-6-7-12/h3-5,12,15H,1-2,6-11H2,(H,21,24)(H,22,23). The van der Waals surface area contributed by atoms with Gasteiger partial charge in [0, 0.05) is 18.5 Å². The highest BCUT2D eigenvalue weighted by Gasteiger charge is 2.45. The van der Waals surface area contributed by atoms with Crippen LogP contribution in [0.15, 0.2) is 18.2 Å². The average molecular weight is 346 g/mol. The third-order valence-electron chi connectivity index (χ3n) is 5.51. The van der Waals surface area contributed by atoms with Crippen LogP contribution < -0.4 is 15.4 Å². The number of fused-ring (bicyclic) bond motifs is 1. The molecule has 1 aromatic rings. The number of amides is 2. The Morgan fingerprint density at radius 2 is 2.00 bits per heavy atom. The molecule has 0 bridgehead atoms. The van der Waals surface area contributed by atoms with E-state index in [1.165, 1.54) is 18.9 Å². The van der Waals surface area contributed by atoms with Crippen molar-refractivity contribution in [3.63, 3.8) is 0 Å². The topological polar surface area (TPSA) is 67.4 Å². The smallest absolute Gasteiger partial charge is 0.262 e. The molecule has 0 aromatic heterocycles. The average Bonchev–Trinajstić information content (AvgIpc) is 3.11. The first-order valence-electron chi connectivity index (χ1n) is 9.12. The molecule has 1 heterocycles. The maximum Gasteiger partial charge on any atom is 0.262 e. The highest BCUT2D eigenvalue weighted by molar-refractivity contribution is 5.93. The third kappa shape index (κ3) is 3.22. The molecule has 134 valence electrons. The number of hydrogen-bond donors (Lipinski definition) is 2. The van der Waals surface area contributed by atoms with Crippen molar-refractivity contribution in [1.82, 2.24) is 10.6 Å². The molecule has 2 aliphatic carbocycles. The Morgan fingerprint density at radius 3 is 2.68 bits per heavy atom. The lowest BCUT2D eigenvalue weighted by molar-refractivity contribution is -0.136. The van der Waals surface area contributed by atoms with Crippen LogP contribution in [0.1, 0.15) is 44.1 Å². The Hall–Kier alpha value is -2.11. The summed E-state index contributed by atoms with van der Waals surface area (Å²) in [6.45, 7) is 0.688. The van der Waals surface area contributed by atoms with Crippen LogP contribution in [-0.4, -0.2) is 30.0 Å². The number of benzene rings is 1. The number of rotatable bonds is 5. The third-order valence-corrected chi connectivity index (χ3v) is 5.51. The molecule has 6 heteroatoms. The van der Waals surface area contributed by atoms with Crippen LogP contribution in [0.25, 0.3) is 0 Å². The highest BCUT2D eigenvalue weighted by Crippen LogP contribution is 2.34. The van der Waals surface area contributed by atoms with E-state index in [1.54, 1.807) is 12.1 Å². The van der Waals surface area contributed by atoms with Gasteiger partial charge >= 0.3 is 0 Å². The van der Waals surface area contributed by atoms with Gasteiger partial charge < -0.3 is 15.4 Å². The summed E-state index contributed by atoms with van der Waals surface area (Å²) in [4.78, 5) is 25.4. The number of nitrogens with one attached hydrogen (secondary N) is 2. The minimum Gasteiger partial charge on any atom is -0.477 e. The van der Waals surface area contributed by atoms with Gasteiger partial charge in [0.15, 0.2) is 17.7 Å². The Kier molecular flexibility index (Phi) is 4.13. The molecule has 4 rings (SSSR count). The van der Waals surface area contributed by atoms with Crippen molar-refractivity contribution >= 4 is 11.8 Å². The van der Waals surface area contributed by atoms with Crippen LogP contribution >= 0.6 is 0 Å². The maximum absolute atomic E-state index is 13.8. The van der Waals surface area contributed by atoms with Gasteiger partial charge in [-0.2, -0.15) is 0 Å². The number of hydrogen-bond acceptors (Lipinski definition) is 3. The number of ether oxygens (including phenoxy) is 1. The van der Waals surface area contributed by atoms with Gasteiger partial charge in [-0.3, -0.25) is 9.59 Å². The van der Waals surface area contributed by atoms with Crippen LogP contribution in [0, 0.1) is 11.7 Å². The summed E-state index contributed by atoms with van der Waals surface area (Å²) < 4.78 is 19.3. The van der Waals surface area contributed by atoms with E-state index in [9.17, 15) is 14.0 Å². The Bertz CT molecular complexity index is 696. The molecule has 1 atom stereocenters. The van der Waals surface area contributed by atoms with E-state index in [0.29, 0.717) is 37.3 Å². The minimum absolute atomic E-state index is 0.0908. The van der Waals surface area contributed by atoms with Crippen LogP contribution in [-0.2, 0) is 16.0 Å². The maximum atomic E-state index is 13.8. The number of para-hydroxylation sites is 1. The predicted octanol–water partition coefficient (Wildman–Crippen LogP) is 2.08. The van der Waals surface area contributed by atoms with E-state index in [2.05, 4.69) is 10.6 Å². The van der Waals surface area contributed by atoms with Gasteiger partial charge in [0.25, 0.3) is 5.91 Å². The first-order valence-corrected chi connectivity index (χ1v) is 9.12. The van der Waals surface area contributed by atoms with E-state index in [1.807, 2.05) is 0 Å². The molecular weight excluding hydrogens is 323 g/mol. The lowest BCUT2D eigenvalue weighted by Crippen LogP contribution is -2.59. The summed E-state index contributed by atoms with van der Waals surface area (Å²) >= 11 is 0. The highest BCUT2D eigenvalue weighted by atomic mass is 19.1. The fourth-order valence-electron chi connectivity index (χ4n) is 3.81. The molecule has 1 unspecified atom stereocenters. The molecule has 0 spiro atoms. The van der Waals surface area contributed by atoms with Gasteiger partial charge in [-0.05, 0) is 37.7 Å². The molecule has 2 saturated carbocycles. The molecular formula is C19H23FN2O3. The summed E-state index contributed by atoms with van der Waals surface area (Å²) in [5, 5.41) is 5.93. The zero-order valence-electron chi connectivity index (χ0n) is 14.1. The second-order valence-electron chi connectivity index (χ2n) is 7.47. The van der Waals surface area contributed by atoms with E-state index >= 15 is 0 Å². The lowest BCUT2D eigenvalue weighted by atomic mass is 9.95. The van der Waals surface area contributed by atoms with E-state index < -0.39 is 17.5 Å². The first-order chi connectivity index (χ1) is 12.1. The van der Waals surface area contributed by atoms with Gasteiger partial charge in [-0.25, -0.2) is 4.39 Å². The molecule has 1 aliphatic heterocycles. The van der Waals surface area contributed by atoms with Gasteiger partial charge in [-0.1, -0.05) is 25.0 Å². The van der Waals surface area contributed by atoms with Crippen molar-refractivity contribution in [3.8, 4) is 5.75 Å². The first kappa shape index (κ1) is 16.4. The van der Waals surface area contributed by atoms with Crippen LogP contribution in [0.4, 0.5) is 4.39 Å². The van der Waals surface area contributed by atoms with Gasteiger partial charge in [-0.15, -0.1) is 0 Å². The van der Waals surface area contributed by atoms with E-state index in [-0.39, 0.29) is 17.6 Å². The summed E-state index contributed by atoms with van der Waals surface area (Å²) in [5.74, 6) is -0.133. The summed E-state index contributed by atoms with van der Waals surface area (Å²) in [6, 6.07) is 4.70. The van der Waals surface area contributed by atoms with Crippen molar-refractivity contribution < 1.29 is 18.7 Å². The number of carbonyl (C=O) groups excluding carboxylic acids is 2. The van der Waals surface area contributed by atoms with Gasteiger partial charge in [0.2, 0.25) is 5.91 Å². The number of halogens is 1. The SMILES string of the molecule is O=C(NC1(C(=O)NCC2CC2)CCCC1)C1Cc2cccc(F)c2O1. The van der Waals surface area contributed by atoms with Crippen molar-refractivity contribution in [1.29, 1.82) is 0 Å². The van der Waals surface area contributed by atoms with Gasteiger partial charge in [0.1, 0.15) is 5.54 Å². The monoisotopic (exact) mass is 346 g/mol. The van der Waals surface area contributed by atoms with Crippen LogP contribution in [0.3, 0.4) is 0 Å². The van der Waals surface area contributed by atoms with Crippen LogP contribution in [0.2, 0.25) is 0 Å². The van der Waals surface area contributed by atoms with Crippen molar-refractivity contribution in [2.45, 2.75) is 56.6 Å². The second-order valence-corrected chi connectivity index (χ2v) is 7.47. The molecule has 2 N–H and O–H groups in total. The van der Waals surface area contributed by atoms with E-state index in [4.69, 9.17) is 4.74 Å². The molecule has 1 aromatic carbocycles. The Morgan fingerprint density at radius 1 is 1.24 bits per heavy atom. The quantitative estimate of drug-likeness (QED) is 0.858. The summed E-state index contributed by atoms with van der Waals surface area (Å²) in [7, 11) is 0. The molecule has 0 radical (unpaired) electrons. The predicted molar refractivity (Wildman–Crippen MR) is 89.6 cm³/mol. The second kappa shape index (κ2) is 6.32. The number of carbonyl (C=O) groups is 2. The molecule has 3 aliphatic rings. The molecule has 2 fully saturated rings. The van der Waals surface area contributed by atoms with Gasteiger partial charge in [0.05, 0.1) is 0 Å². The summed E-state index contributed by atoms with van der Waals surface area (Å²) in [5.41, 5.74) is -0.151. The molecule has 0 saturated heterocycles. The fraction of sp³-hybridized carbons (Fsp3) is 0.579. The van der Waals surface area contributed by atoms with Crippen molar-refractivity contribution in [3.05, 3.63) is 29.6 Å². The molecule has 2 amide bonds. The summed E-state index contributed by atoms with van der Waals surface area (Å²) in [6.07, 6.45) is 5.00. The Balaban J connectivity index is 1.43. The van der Waals surface area contributed by atoms with Crippen LogP contribution in [0.5, 0.6) is 5.75 Å². The molecule has 5 nitrogen and oxygen atoms in total. The zero-order chi connectivity index (χ0) is 17.4. The largest absolute Gasteiger partial charge is 0.477 e. The molecule has 25 heavy (non-hydrogen) atoms. The van der Waals surface area contributed by atoms with E-state index in [0.717, 1.165) is 12.8 Å².